The van der Waals surface area contributed by atoms with Crippen LogP contribution in [0.25, 0.3) is 22.5 Å². The minimum absolute atomic E-state index is 0.395. The van der Waals surface area contributed by atoms with Crippen molar-refractivity contribution in [3.05, 3.63) is 95.2 Å². The summed E-state index contributed by atoms with van der Waals surface area (Å²) >= 11 is 0. The van der Waals surface area contributed by atoms with Gasteiger partial charge in [-0.2, -0.15) is 0 Å². The molecule has 5 rings (SSSR count). The monoisotopic (exact) mass is 604 g/mol. The lowest BCUT2D eigenvalue weighted by Crippen LogP contribution is -2.55. The number of H-pyrrole nitrogens is 1. The Morgan fingerprint density at radius 3 is 2.42 bits per heavy atom. The van der Waals surface area contributed by atoms with Crippen LogP contribution in [-0.2, 0) is 16.0 Å². The van der Waals surface area contributed by atoms with Crippen molar-refractivity contribution in [2.75, 3.05) is 12.0 Å². The number of unbranched alkanes of at least 4 members (excludes halogenated alkanes) is 2. The molecule has 0 amide bonds. The smallest absolute Gasteiger partial charge is 0.337 e. The van der Waals surface area contributed by atoms with Crippen LogP contribution in [0.5, 0.6) is 0 Å². The molecule has 9 nitrogen and oxygen atoms in total. The van der Waals surface area contributed by atoms with Gasteiger partial charge in [0.15, 0.2) is 5.82 Å². The first-order valence-corrected chi connectivity index (χ1v) is 15.6. The van der Waals surface area contributed by atoms with Gasteiger partial charge in [0, 0.05) is 23.4 Å². The summed E-state index contributed by atoms with van der Waals surface area (Å²) in [6.45, 7) is 6.29. The Hall–Kier alpha value is -4.92. The van der Waals surface area contributed by atoms with Gasteiger partial charge < -0.3 is 14.4 Å². The highest BCUT2D eigenvalue weighted by atomic mass is 16.5. The molecule has 3 aromatic carbocycles. The fraction of sp³-hybridized carbons (Fsp3) is 0.333. The summed E-state index contributed by atoms with van der Waals surface area (Å²) in [7, 11) is 1.38. The molecule has 0 aliphatic carbocycles. The molecule has 0 saturated carbocycles. The van der Waals surface area contributed by atoms with E-state index in [-0.39, 0.29) is 0 Å². The maximum atomic E-state index is 13.5. The molecule has 9 heteroatoms. The number of carbonyl (C=O) groups is 2. The normalized spacial score (nSPS) is 16.4. The zero-order chi connectivity index (χ0) is 31.8. The largest absolute Gasteiger partial charge is 0.465 e. The number of hydrogen-bond acceptors (Lipinski definition) is 8. The minimum atomic E-state index is -1.04. The number of carbonyl (C=O) groups excluding carboxylic acids is 2. The second-order valence-corrected chi connectivity index (χ2v) is 11.5. The number of tetrazole rings is 1. The number of methoxy groups -OCH3 is 1. The average molecular weight is 605 g/mol. The number of aromatic amines is 1. The zero-order valence-corrected chi connectivity index (χ0v) is 26.4. The van der Waals surface area contributed by atoms with Crippen molar-refractivity contribution in [2.24, 2.45) is 4.99 Å². The number of aromatic nitrogens is 4. The Balaban J connectivity index is 1.69. The van der Waals surface area contributed by atoms with E-state index in [9.17, 15) is 9.59 Å². The molecule has 0 bridgehead atoms. The molecule has 232 valence electrons. The zero-order valence-electron chi connectivity index (χ0n) is 26.4. The number of nitrogens with one attached hydrogen (secondary N) is 1. The van der Waals surface area contributed by atoms with Crippen LogP contribution in [0.15, 0.2) is 89.1 Å². The lowest BCUT2D eigenvalue weighted by atomic mass is 9.81. The summed E-state index contributed by atoms with van der Waals surface area (Å²) < 4.78 is 4.97. The maximum Gasteiger partial charge on any atom is 0.337 e. The van der Waals surface area contributed by atoms with Gasteiger partial charge >= 0.3 is 5.97 Å². The SMILES string of the molecule is CCCCC1=NC(CCCC)=C(Cc2cccc(C(=O)OC)c2)C(C)(C=O)N1c1ccc(-c2ccccc2)c(-c2nnn[nH]2)c1. The van der Waals surface area contributed by atoms with Crippen LogP contribution < -0.4 is 4.90 Å². The first kappa shape index (κ1) is 31.5. The third-order valence-corrected chi connectivity index (χ3v) is 8.37. The molecule has 0 fully saturated rings. The van der Waals surface area contributed by atoms with Crippen LogP contribution in [0.4, 0.5) is 5.69 Å². The standard InChI is InChI=1S/C36H40N6O3/c1-5-7-17-32-31(22-25-13-12-16-27(21-25)35(44)45-4)36(3,24-43)42(33(37-32)18-8-6-2)28-19-20-29(26-14-10-9-11-15-26)30(23-28)34-38-40-41-39-34/h9-16,19-21,23-24H,5-8,17-18,22H2,1-4H3,(H,38,39,40,41). The topological polar surface area (TPSA) is 113 Å². The van der Waals surface area contributed by atoms with E-state index in [0.29, 0.717) is 17.8 Å². The van der Waals surface area contributed by atoms with E-state index in [1.165, 1.54) is 7.11 Å². The van der Waals surface area contributed by atoms with Crippen molar-refractivity contribution in [1.29, 1.82) is 0 Å². The van der Waals surface area contributed by atoms with Crippen molar-refractivity contribution in [3.8, 4) is 22.5 Å². The molecular formula is C36H40N6O3. The minimum Gasteiger partial charge on any atom is -0.465 e. The second-order valence-electron chi connectivity index (χ2n) is 11.5. The van der Waals surface area contributed by atoms with Crippen LogP contribution in [-0.4, -0.2) is 51.4 Å². The van der Waals surface area contributed by atoms with Crippen molar-refractivity contribution < 1.29 is 14.3 Å². The predicted octanol–water partition coefficient (Wildman–Crippen LogP) is 7.37. The van der Waals surface area contributed by atoms with Gasteiger partial charge in [-0.1, -0.05) is 75.2 Å². The average Bonchev–Trinajstić information content (AvgIpc) is 3.63. The number of esters is 1. The van der Waals surface area contributed by atoms with Crippen LogP contribution in [0.1, 0.15) is 75.2 Å². The first-order valence-electron chi connectivity index (χ1n) is 15.6. The number of ether oxygens (including phenoxy) is 1. The van der Waals surface area contributed by atoms with E-state index in [0.717, 1.165) is 89.9 Å². The van der Waals surface area contributed by atoms with Gasteiger partial charge in [0.05, 0.1) is 12.7 Å². The molecule has 4 aromatic rings. The highest BCUT2D eigenvalue weighted by Crippen LogP contribution is 2.42. The van der Waals surface area contributed by atoms with Crippen LogP contribution in [0.3, 0.4) is 0 Å². The number of aldehydes is 1. The lowest BCUT2D eigenvalue weighted by molar-refractivity contribution is -0.110. The summed E-state index contributed by atoms with van der Waals surface area (Å²) in [5.74, 6) is 0.999. The fourth-order valence-corrected chi connectivity index (χ4v) is 5.98. The molecule has 1 unspecified atom stereocenters. The molecule has 1 aromatic heterocycles. The summed E-state index contributed by atoms with van der Waals surface area (Å²) in [4.78, 5) is 33.2. The molecular weight excluding hydrogens is 564 g/mol. The van der Waals surface area contributed by atoms with Crippen LogP contribution in [0, 0.1) is 0 Å². The lowest BCUT2D eigenvalue weighted by Gasteiger charge is -2.45. The predicted molar refractivity (Wildman–Crippen MR) is 177 cm³/mol. The van der Waals surface area contributed by atoms with E-state index in [4.69, 9.17) is 9.73 Å². The van der Waals surface area contributed by atoms with Crippen molar-refractivity contribution in [2.45, 2.75) is 71.3 Å². The summed E-state index contributed by atoms with van der Waals surface area (Å²) in [6.07, 6.45) is 6.87. The van der Waals surface area contributed by atoms with E-state index >= 15 is 0 Å². The molecule has 0 spiro atoms. The van der Waals surface area contributed by atoms with E-state index in [1.54, 1.807) is 6.07 Å². The first-order chi connectivity index (χ1) is 21.9. The van der Waals surface area contributed by atoms with Crippen molar-refractivity contribution in [3.63, 3.8) is 0 Å². The van der Waals surface area contributed by atoms with Gasteiger partial charge in [0.25, 0.3) is 0 Å². The number of hydrogen-bond donors (Lipinski definition) is 1. The number of amidine groups is 1. The summed E-state index contributed by atoms with van der Waals surface area (Å²) in [6, 6.07) is 23.6. The quantitative estimate of drug-likeness (QED) is 0.125. The van der Waals surface area contributed by atoms with Crippen molar-refractivity contribution in [1.82, 2.24) is 20.6 Å². The molecule has 1 aliphatic heterocycles. The number of nitrogens with zero attached hydrogens (tertiary/aromatic N) is 5. The van der Waals surface area contributed by atoms with Gasteiger partial charge in [-0.15, -0.1) is 5.10 Å². The van der Waals surface area contributed by atoms with Crippen LogP contribution in [0.2, 0.25) is 0 Å². The number of aliphatic imine (C=N–C) groups is 1. The van der Waals surface area contributed by atoms with Gasteiger partial charge in [-0.05, 0) is 89.6 Å². The summed E-state index contributed by atoms with van der Waals surface area (Å²) in [5.41, 5.74) is 5.84. The van der Waals surface area contributed by atoms with Crippen LogP contribution >= 0.6 is 0 Å². The van der Waals surface area contributed by atoms with E-state index in [2.05, 4.69) is 57.6 Å². The van der Waals surface area contributed by atoms with Gasteiger partial charge in [-0.25, -0.2) is 14.9 Å². The Bertz CT molecular complexity index is 1700. The number of anilines is 1. The molecule has 2 heterocycles. The Kier molecular flexibility index (Phi) is 9.97. The number of benzene rings is 3. The molecule has 1 aliphatic rings. The Morgan fingerprint density at radius 2 is 1.73 bits per heavy atom. The third kappa shape index (κ3) is 6.62. The molecule has 1 atom stereocenters. The Morgan fingerprint density at radius 1 is 0.956 bits per heavy atom. The third-order valence-electron chi connectivity index (χ3n) is 8.37. The number of rotatable bonds is 13. The molecule has 0 radical (unpaired) electrons. The van der Waals surface area contributed by atoms with Gasteiger partial charge in [-0.3, -0.25) is 0 Å². The molecule has 0 saturated heterocycles. The Labute approximate surface area is 264 Å². The van der Waals surface area contributed by atoms with Gasteiger partial charge in [0.1, 0.15) is 17.7 Å². The fourth-order valence-electron chi connectivity index (χ4n) is 5.98. The van der Waals surface area contributed by atoms with E-state index in [1.807, 2.05) is 55.5 Å². The van der Waals surface area contributed by atoms with E-state index < -0.39 is 11.5 Å². The molecule has 1 N–H and O–H groups in total. The maximum absolute atomic E-state index is 13.5. The number of allylic oxidation sites excluding steroid dienone is 1. The second kappa shape index (κ2) is 14.2. The van der Waals surface area contributed by atoms with Crippen molar-refractivity contribution >= 4 is 23.8 Å². The highest BCUT2D eigenvalue weighted by molar-refractivity contribution is 6.06. The summed E-state index contributed by atoms with van der Waals surface area (Å²) in [5, 5.41) is 14.9. The van der Waals surface area contributed by atoms with Gasteiger partial charge in [0.2, 0.25) is 0 Å². The molecule has 45 heavy (non-hydrogen) atoms. The highest BCUT2D eigenvalue weighted by Gasteiger charge is 2.43.